The highest BCUT2D eigenvalue weighted by atomic mass is 33.1. The minimum Gasteiger partial charge on any atom is -0.344 e. The van der Waals surface area contributed by atoms with Crippen LogP contribution in [-0.2, 0) is 13.3 Å². The van der Waals surface area contributed by atoms with Crippen molar-refractivity contribution in [2.24, 2.45) is 0 Å². The zero-order valence-corrected chi connectivity index (χ0v) is 6.49. The SMILES string of the molecule is C=CCOS(=O)(=O)S.N. The summed E-state index contributed by atoms with van der Waals surface area (Å²) in [6.45, 7) is 3.22. The lowest BCUT2D eigenvalue weighted by Crippen LogP contribution is -1.95. The van der Waals surface area contributed by atoms with E-state index in [0.717, 1.165) is 0 Å². The summed E-state index contributed by atoms with van der Waals surface area (Å²) in [6, 6.07) is 0. The molecule has 0 saturated carbocycles. The smallest absolute Gasteiger partial charge is 0.319 e. The van der Waals surface area contributed by atoms with Crippen LogP contribution in [0.4, 0.5) is 0 Å². The first kappa shape index (κ1) is 11.7. The van der Waals surface area contributed by atoms with E-state index in [4.69, 9.17) is 0 Å². The first-order valence-electron chi connectivity index (χ1n) is 1.79. The van der Waals surface area contributed by atoms with E-state index in [1.807, 2.05) is 0 Å². The van der Waals surface area contributed by atoms with E-state index in [2.05, 4.69) is 22.4 Å². The molecule has 4 nitrogen and oxygen atoms in total. The van der Waals surface area contributed by atoms with Crippen molar-refractivity contribution in [1.82, 2.24) is 6.15 Å². The molecule has 0 amide bonds. The van der Waals surface area contributed by atoms with Crippen molar-refractivity contribution in [2.75, 3.05) is 6.61 Å². The zero-order valence-electron chi connectivity index (χ0n) is 4.78. The molecule has 3 N–H and O–H groups in total. The standard InChI is InChI=1S/C3H6O3S2.H3N/c1-2-3-6-8(4,5)7;/h2H,1,3H2,(H,4,5,7);1H3. The molecule has 56 valence electrons. The van der Waals surface area contributed by atoms with Gasteiger partial charge in [-0.3, -0.25) is 4.18 Å². The van der Waals surface area contributed by atoms with Gasteiger partial charge in [-0.2, -0.15) is 8.42 Å². The summed E-state index contributed by atoms with van der Waals surface area (Å²) in [5.41, 5.74) is 0. The number of rotatable bonds is 3. The second kappa shape index (κ2) is 4.80. The number of hydrogen-bond donors (Lipinski definition) is 2. The summed E-state index contributed by atoms with van der Waals surface area (Å²) in [4.78, 5) is 0. The van der Waals surface area contributed by atoms with E-state index in [-0.39, 0.29) is 12.8 Å². The third kappa shape index (κ3) is 11.5. The van der Waals surface area contributed by atoms with Crippen molar-refractivity contribution in [1.29, 1.82) is 0 Å². The maximum atomic E-state index is 9.98. The highest BCUT2D eigenvalue weighted by Crippen LogP contribution is 1.95. The molecule has 9 heavy (non-hydrogen) atoms. The van der Waals surface area contributed by atoms with Crippen LogP contribution in [0.5, 0.6) is 0 Å². The Balaban J connectivity index is 0. The van der Waals surface area contributed by atoms with Crippen molar-refractivity contribution < 1.29 is 12.6 Å². The summed E-state index contributed by atoms with van der Waals surface area (Å²) >= 11 is 3.09. The van der Waals surface area contributed by atoms with E-state index < -0.39 is 9.15 Å². The Morgan fingerprint density at radius 3 is 2.22 bits per heavy atom. The minimum absolute atomic E-state index is 0. The van der Waals surface area contributed by atoms with Gasteiger partial charge in [0.25, 0.3) is 0 Å². The Kier molecular flexibility index (Phi) is 6.25. The van der Waals surface area contributed by atoms with Gasteiger partial charge >= 0.3 is 9.15 Å². The van der Waals surface area contributed by atoms with Crippen LogP contribution in [0.2, 0.25) is 0 Å². The summed E-state index contributed by atoms with van der Waals surface area (Å²) < 4.78 is 24.1. The van der Waals surface area contributed by atoms with Gasteiger partial charge in [0.1, 0.15) is 0 Å². The van der Waals surface area contributed by atoms with Gasteiger partial charge in [0.2, 0.25) is 0 Å². The first-order chi connectivity index (χ1) is 3.56. The Morgan fingerprint density at radius 1 is 1.67 bits per heavy atom. The van der Waals surface area contributed by atoms with Crippen molar-refractivity contribution in [3.05, 3.63) is 12.7 Å². The molecule has 0 saturated heterocycles. The fraction of sp³-hybridized carbons (Fsp3) is 0.333. The van der Waals surface area contributed by atoms with Gasteiger partial charge in [0.15, 0.2) is 0 Å². The summed E-state index contributed by atoms with van der Waals surface area (Å²) in [6.07, 6.45) is 1.33. The van der Waals surface area contributed by atoms with Gasteiger partial charge in [-0.05, 0) is 11.7 Å². The lowest BCUT2D eigenvalue weighted by atomic mass is 10.7. The van der Waals surface area contributed by atoms with Crippen LogP contribution in [0.1, 0.15) is 0 Å². The number of hydrogen-bond acceptors (Lipinski definition) is 4. The molecule has 0 aromatic rings. The van der Waals surface area contributed by atoms with E-state index in [1.54, 1.807) is 0 Å². The van der Waals surface area contributed by atoms with Crippen molar-refractivity contribution in [2.45, 2.75) is 0 Å². The number of thiol groups is 1. The molecule has 0 bridgehead atoms. The first-order valence-corrected chi connectivity index (χ1v) is 4.25. The van der Waals surface area contributed by atoms with Crippen LogP contribution >= 0.6 is 11.7 Å². The molecule has 0 aliphatic rings. The molecule has 0 rings (SSSR count). The highest BCUT2D eigenvalue weighted by Gasteiger charge is 1.97. The van der Waals surface area contributed by atoms with Gasteiger partial charge in [-0.25, -0.2) is 0 Å². The van der Waals surface area contributed by atoms with Gasteiger partial charge in [0, 0.05) is 0 Å². The molecule has 0 aliphatic carbocycles. The predicted molar refractivity (Wildman–Crippen MR) is 39.1 cm³/mol. The lowest BCUT2D eigenvalue weighted by molar-refractivity contribution is 0.371. The van der Waals surface area contributed by atoms with Crippen LogP contribution in [0, 0.1) is 0 Å². The second-order valence-electron chi connectivity index (χ2n) is 1.00. The van der Waals surface area contributed by atoms with Gasteiger partial charge in [0.05, 0.1) is 6.61 Å². The van der Waals surface area contributed by atoms with Crippen molar-refractivity contribution >= 4 is 20.8 Å². The molecule has 0 unspecified atom stereocenters. The normalized spacial score (nSPS) is 9.89. The molecule has 6 heteroatoms. The molecule has 0 heterocycles. The Hall–Kier alpha value is -0.0400. The fourth-order valence-corrected chi connectivity index (χ4v) is 0.585. The Labute approximate surface area is 59.4 Å². The van der Waals surface area contributed by atoms with Crippen LogP contribution in [0.15, 0.2) is 12.7 Å². The van der Waals surface area contributed by atoms with Gasteiger partial charge in [-0.15, -0.1) is 6.58 Å². The van der Waals surface area contributed by atoms with Gasteiger partial charge < -0.3 is 6.15 Å². The Bertz CT molecular complexity index is 162. The Morgan fingerprint density at radius 2 is 2.11 bits per heavy atom. The molecule has 0 radical (unpaired) electrons. The molecule has 0 aromatic carbocycles. The summed E-state index contributed by atoms with van der Waals surface area (Å²) in [5.74, 6) is 0. The third-order valence-corrected chi connectivity index (χ3v) is 1.08. The van der Waals surface area contributed by atoms with Crippen molar-refractivity contribution in [3.63, 3.8) is 0 Å². The van der Waals surface area contributed by atoms with E-state index >= 15 is 0 Å². The van der Waals surface area contributed by atoms with Crippen LogP contribution in [0.25, 0.3) is 0 Å². The monoisotopic (exact) mass is 171 g/mol. The average Bonchev–Trinajstić information content (AvgIpc) is 1.59. The van der Waals surface area contributed by atoms with Crippen LogP contribution in [0.3, 0.4) is 0 Å². The predicted octanol–water partition coefficient (Wildman–Crippen LogP) is 0.526. The van der Waals surface area contributed by atoms with Gasteiger partial charge in [-0.1, -0.05) is 6.08 Å². The van der Waals surface area contributed by atoms with E-state index in [1.165, 1.54) is 6.08 Å². The van der Waals surface area contributed by atoms with E-state index in [0.29, 0.717) is 0 Å². The van der Waals surface area contributed by atoms with Crippen LogP contribution < -0.4 is 6.15 Å². The highest BCUT2D eigenvalue weighted by molar-refractivity contribution is 8.61. The average molecular weight is 171 g/mol. The largest absolute Gasteiger partial charge is 0.344 e. The molecule has 0 spiro atoms. The third-order valence-electron chi connectivity index (χ3n) is 0.335. The van der Waals surface area contributed by atoms with Crippen LogP contribution in [-0.4, -0.2) is 15.0 Å². The topological polar surface area (TPSA) is 78.4 Å². The molecule has 0 aromatic heterocycles. The quantitative estimate of drug-likeness (QED) is 0.369. The minimum atomic E-state index is -3.56. The molecule has 0 fully saturated rings. The second-order valence-corrected chi connectivity index (χ2v) is 3.43. The maximum Gasteiger partial charge on any atom is 0.319 e. The molecule has 0 atom stereocenters. The summed E-state index contributed by atoms with van der Waals surface area (Å²) in [5, 5.41) is 0. The lowest BCUT2D eigenvalue weighted by Gasteiger charge is -1.90. The molecular formula is C3H9NO3S2. The zero-order chi connectivity index (χ0) is 6.62. The summed E-state index contributed by atoms with van der Waals surface area (Å²) in [7, 11) is -3.56. The van der Waals surface area contributed by atoms with E-state index in [9.17, 15) is 8.42 Å². The maximum absolute atomic E-state index is 9.98. The molecule has 0 aliphatic heterocycles. The molecular weight excluding hydrogens is 162 g/mol. The van der Waals surface area contributed by atoms with Crippen molar-refractivity contribution in [3.8, 4) is 0 Å². The fourth-order valence-electron chi connectivity index (χ4n) is 0.134.